The quantitative estimate of drug-likeness (QED) is 0.842. The normalized spacial score (nSPS) is 21.7. The van der Waals surface area contributed by atoms with Gasteiger partial charge >= 0.3 is 0 Å². The number of aromatic nitrogens is 1. The second kappa shape index (κ2) is 5.03. The number of primary amides is 1. The molecule has 1 aliphatic rings. The second-order valence-electron chi connectivity index (χ2n) is 4.21. The summed E-state index contributed by atoms with van der Waals surface area (Å²) in [6.07, 6.45) is 4.87. The van der Waals surface area contributed by atoms with Crippen molar-refractivity contribution in [3.05, 3.63) is 24.5 Å². The van der Waals surface area contributed by atoms with Crippen LogP contribution in [0.1, 0.15) is 19.3 Å². The van der Waals surface area contributed by atoms with Gasteiger partial charge in [0.2, 0.25) is 15.9 Å². The minimum absolute atomic E-state index is 0.144. The largest absolute Gasteiger partial charge is 0.368 e. The first-order valence-corrected chi connectivity index (χ1v) is 7.18. The molecule has 1 atom stereocenters. The third-order valence-electron chi connectivity index (χ3n) is 3.04. The second-order valence-corrected chi connectivity index (χ2v) is 6.10. The van der Waals surface area contributed by atoms with E-state index in [0.29, 0.717) is 13.0 Å². The van der Waals surface area contributed by atoms with Crippen molar-refractivity contribution in [3.63, 3.8) is 0 Å². The van der Waals surface area contributed by atoms with Crippen LogP contribution in [0.2, 0.25) is 0 Å². The number of piperidine rings is 1. The molecule has 2 heterocycles. The first kappa shape index (κ1) is 13.0. The zero-order chi connectivity index (χ0) is 13.2. The van der Waals surface area contributed by atoms with Crippen LogP contribution in [0.3, 0.4) is 0 Å². The molecule has 1 aliphatic heterocycles. The van der Waals surface area contributed by atoms with Gasteiger partial charge < -0.3 is 5.73 Å². The topological polar surface area (TPSA) is 93.4 Å². The third kappa shape index (κ3) is 2.37. The Hall–Kier alpha value is -1.47. The zero-order valence-corrected chi connectivity index (χ0v) is 10.6. The molecule has 1 aromatic heterocycles. The number of hydrogen-bond donors (Lipinski definition) is 1. The highest BCUT2D eigenvalue weighted by Crippen LogP contribution is 2.24. The van der Waals surface area contributed by atoms with Crippen LogP contribution in [0, 0.1) is 0 Å². The molecule has 98 valence electrons. The molecule has 6 nitrogen and oxygen atoms in total. The number of carbonyl (C=O) groups is 1. The van der Waals surface area contributed by atoms with Gasteiger partial charge in [-0.15, -0.1) is 0 Å². The number of nitrogens with two attached hydrogens (primary N) is 1. The van der Waals surface area contributed by atoms with Gasteiger partial charge in [0.1, 0.15) is 6.04 Å². The maximum Gasteiger partial charge on any atom is 0.243 e. The molecule has 7 heteroatoms. The molecule has 0 saturated carbocycles. The minimum atomic E-state index is -3.66. The van der Waals surface area contributed by atoms with E-state index in [-0.39, 0.29) is 4.90 Å². The molecule has 0 spiro atoms. The molecule has 18 heavy (non-hydrogen) atoms. The number of hydrogen-bond acceptors (Lipinski definition) is 4. The van der Waals surface area contributed by atoms with Gasteiger partial charge in [-0.3, -0.25) is 9.78 Å². The molecule has 1 fully saturated rings. The van der Waals surface area contributed by atoms with Crippen LogP contribution in [-0.2, 0) is 14.8 Å². The van der Waals surface area contributed by atoms with E-state index in [0.717, 1.165) is 12.8 Å². The molecule has 0 aromatic carbocycles. The predicted molar refractivity (Wildman–Crippen MR) is 65.0 cm³/mol. The molecule has 2 rings (SSSR count). The van der Waals surface area contributed by atoms with E-state index in [1.807, 2.05) is 0 Å². The van der Waals surface area contributed by atoms with Gasteiger partial charge in [0, 0.05) is 18.9 Å². The van der Waals surface area contributed by atoms with Gasteiger partial charge in [-0.05, 0) is 25.0 Å². The lowest BCUT2D eigenvalue weighted by atomic mass is 10.0. The Morgan fingerprint density at radius 2 is 2.00 bits per heavy atom. The summed E-state index contributed by atoms with van der Waals surface area (Å²) in [5, 5.41) is 0. The van der Waals surface area contributed by atoms with Gasteiger partial charge in [-0.25, -0.2) is 8.42 Å². The third-order valence-corrected chi connectivity index (χ3v) is 4.96. The first-order valence-electron chi connectivity index (χ1n) is 5.74. The van der Waals surface area contributed by atoms with E-state index in [4.69, 9.17) is 5.73 Å². The number of amides is 1. The minimum Gasteiger partial charge on any atom is -0.368 e. The Morgan fingerprint density at radius 1 is 1.33 bits per heavy atom. The molecule has 1 saturated heterocycles. The van der Waals surface area contributed by atoms with Crippen molar-refractivity contribution in [1.82, 2.24) is 9.29 Å². The maximum absolute atomic E-state index is 12.4. The van der Waals surface area contributed by atoms with Gasteiger partial charge in [-0.1, -0.05) is 6.42 Å². The summed E-state index contributed by atoms with van der Waals surface area (Å²) >= 11 is 0. The SMILES string of the molecule is NC(=O)[C@H]1CCCCN1S(=O)(=O)c1ccncc1. The molecule has 0 unspecified atom stereocenters. The van der Waals surface area contributed by atoms with Crippen molar-refractivity contribution < 1.29 is 13.2 Å². The Balaban J connectivity index is 2.36. The monoisotopic (exact) mass is 269 g/mol. The van der Waals surface area contributed by atoms with Crippen molar-refractivity contribution in [3.8, 4) is 0 Å². The summed E-state index contributed by atoms with van der Waals surface area (Å²) in [7, 11) is -3.66. The molecule has 0 radical (unpaired) electrons. The highest BCUT2D eigenvalue weighted by Gasteiger charge is 2.36. The van der Waals surface area contributed by atoms with Gasteiger partial charge in [0.05, 0.1) is 4.90 Å². The number of nitrogens with zero attached hydrogens (tertiary/aromatic N) is 2. The maximum atomic E-state index is 12.4. The van der Waals surface area contributed by atoms with Crippen molar-refractivity contribution in [2.75, 3.05) is 6.54 Å². The molecular weight excluding hydrogens is 254 g/mol. The molecule has 0 aliphatic carbocycles. The number of sulfonamides is 1. The first-order chi connectivity index (χ1) is 8.53. The summed E-state index contributed by atoms with van der Waals surface area (Å²) in [5.74, 6) is -0.590. The standard InChI is InChI=1S/C11H15N3O3S/c12-11(15)10-3-1-2-8-14(10)18(16,17)9-4-6-13-7-5-9/h4-7,10H,1-3,8H2,(H2,12,15)/t10-/m1/s1. The van der Waals surface area contributed by atoms with Crippen LogP contribution < -0.4 is 5.73 Å². The van der Waals surface area contributed by atoms with Crippen LogP contribution in [0.5, 0.6) is 0 Å². The summed E-state index contributed by atoms with van der Waals surface area (Å²) < 4.78 is 26.0. The highest BCUT2D eigenvalue weighted by atomic mass is 32.2. The lowest BCUT2D eigenvalue weighted by Gasteiger charge is -2.32. The number of carbonyl (C=O) groups excluding carboxylic acids is 1. The van der Waals surface area contributed by atoms with Crippen molar-refractivity contribution in [2.45, 2.75) is 30.2 Å². The Labute approximate surface area is 106 Å². The summed E-state index contributed by atoms with van der Waals surface area (Å²) in [6, 6.07) is 2.10. The van der Waals surface area contributed by atoms with E-state index in [1.165, 1.54) is 28.8 Å². The van der Waals surface area contributed by atoms with E-state index in [9.17, 15) is 13.2 Å². The smallest absolute Gasteiger partial charge is 0.243 e. The number of rotatable bonds is 3. The van der Waals surface area contributed by atoms with E-state index in [1.54, 1.807) is 0 Å². The molecule has 0 bridgehead atoms. The number of pyridine rings is 1. The van der Waals surface area contributed by atoms with Crippen molar-refractivity contribution in [1.29, 1.82) is 0 Å². The van der Waals surface area contributed by atoms with Gasteiger partial charge in [-0.2, -0.15) is 4.31 Å². The fourth-order valence-corrected chi connectivity index (χ4v) is 3.77. The summed E-state index contributed by atoms with van der Waals surface area (Å²) in [6.45, 7) is 0.332. The van der Waals surface area contributed by atoms with Crippen molar-refractivity contribution >= 4 is 15.9 Å². The van der Waals surface area contributed by atoms with Crippen molar-refractivity contribution in [2.24, 2.45) is 5.73 Å². The Kier molecular flexibility index (Phi) is 3.63. The van der Waals surface area contributed by atoms with Gasteiger partial charge in [0.25, 0.3) is 0 Å². The summed E-state index contributed by atoms with van der Waals surface area (Å²) in [4.78, 5) is 15.3. The average Bonchev–Trinajstić information content (AvgIpc) is 2.39. The van der Waals surface area contributed by atoms with E-state index < -0.39 is 22.0 Å². The van der Waals surface area contributed by atoms with Gasteiger partial charge in [0.15, 0.2) is 0 Å². The van der Waals surface area contributed by atoms with Crippen LogP contribution in [-0.4, -0.2) is 36.2 Å². The zero-order valence-electron chi connectivity index (χ0n) is 9.82. The van der Waals surface area contributed by atoms with Crippen LogP contribution in [0.4, 0.5) is 0 Å². The summed E-state index contributed by atoms with van der Waals surface area (Å²) in [5.41, 5.74) is 5.27. The fourth-order valence-electron chi connectivity index (χ4n) is 2.12. The predicted octanol–water partition coefficient (Wildman–Crippen LogP) is 0.110. The van der Waals surface area contributed by atoms with Crippen LogP contribution in [0.15, 0.2) is 29.4 Å². The molecular formula is C11H15N3O3S. The molecule has 1 aromatic rings. The molecule has 1 amide bonds. The fraction of sp³-hybridized carbons (Fsp3) is 0.455. The lowest BCUT2D eigenvalue weighted by molar-refractivity contribution is -0.122. The van der Waals surface area contributed by atoms with E-state index >= 15 is 0 Å². The van der Waals surface area contributed by atoms with Crippen LogP contribution >= 0.6 is 0 Å². The highest BCUT2D eigenvalue weighted by molar-refractivity contribution is 7.89. The Morgan fingerprint density at radius 3 is 2.61 bits per heavy atom. The lowest BCUT2D eigenvalue weighted by Crippen LogP contribution is -2.50. The molecule has 2 N–H and O–H groups in total. The Bertz CT molecular complexity index is 530. The van der Waals surface area contributed by atoms with E-state index in [2.05, 4.69) is 4.98 Å². The average molecular weight is 269 g/mol. The van der Waals surface area contributed by atoms with Crippen LogP contribution in [0.25, 0.3) is 0 Å².